The molecule has 0 spiro atoms. The molecule has 2 aromatic rings. The molecular weight excluding hydrogens is 511 g/mol. The molecule has 1 aliphatic heterocycles. The normalized spacial score (nSPS) is 20.5. The fourth-order valence-electron chi connectivity index (χ4n) is 4.78. The van der Waals surface area contributed by atoms with Gasteiger partial charge in [-0.1, -0.05) is 26.7 Å². The molecular formula is C27H36F3N7O2. The molecule has 3 N–H and O–H groups in total. The minimum absolute atomic E-state index is 0.0118. The van der Waals surface area contributed by atoms with Crippen molar-refractivity contribution >= 4 is 29.3 Å². The number of hydrogen-bond donors (Lipinski definition) is 3. The summed E-state index contributed by atoms with van der Waals surface area (Å²) in [6, 6.07) is 6.01. The minimum atomic E-state index is -4.66. The van der Waals surface area contributed by atoms with E-state index >= 15 is 0 Å². The molecule has 2 atom stereocenters. The van der Waals surface area contributed by atoms with Crippen LogP contribution in [0.4, 0.5) is 30.6 Å². The summed E-state index contributed by atoms with van der Waals surface area (Å²) >= 11 is 0. The highest BCUT2D eigenvalue weighted by atomic mass is 19.4. The summed E-state index contributed by atoms with van der Waals surface area (Å²) in [5.74, 6) is -0.765. The lowest BCUT2D eigenvalue weighted by Crippen LogP contribution is -2.49. The maximum Gasteiger partial charge on any atom is 0.421 e. The first-order valence-corrected chi connectivity index (χ1v) is 13.4. The summed E-state index contributed by atoms with van der Waals surface area (Å²) in [7, 11) is 2.02. The molecule has 2 aliphatic rings. The van der Waals surface area contributed by atoms with E-state index in [0.717, 1.165) is 32.1 Å². The zero-order valence-electron chi connectivity index (χ0n) is 22.5. The quantitative estimate of drug-likeness (QED) is 0.479. The first-order valence-electron chi connectivity index (χ1n) is 13.4. The Hall–Kier alpha value is -3.41. The number of hydrogen-bond acceptors (Lipinski definition) is 7. The van der Waals surface area contributed by atoms with Gasteiger partial charge >= 0.3 is 6.18 Å². The highest BCUT2D eigenvalue weighted by molar-refractivity contribution is 5.94. The Balaban J connectivity index is 1.49. The molecule has 9 nitrogen and oxygen atoms in total. The highest BCUT2D eigenvalue weighted by Gasteiger charge is 2.37. The monoisotopic (exact) mass is 547 g/mol. The van der Waals surface area contributed by atoms with Crippen molar-refractivity contribution in [1.29, 1.82) is 0 Å². The van der Waals surface area contributed by atoms with Crippen molar-refractivity contribution in [3.05, 3.63) is 41.6 Å². The number of nitrogens with one attached hydrogen (secondary N) is 3. The molecule has 1 saturated carbocycles. The van der Waals surface area contributed by atoms with Gasteiger partial charge in [0.2, 0.25) is 11.9 Å². The largest absolute Gasteiger partial charge is 0.421 e. The van der Waals surface area contributed by atoms with Gasteiger partial charge in [0.15, 0.2) is 0 Å². The van der Waals surface area contributed by atoms with Gasteiger partial charge in [-0.15, -0.1) is 0 Å². The van der Waals surface area contributed by atoms with Crippen LogP contribution >= 0.6 is 0 Å². The molecule has 39 heavy (non-hydrogen) atoms. The predicted octanol–water partition coefficient (Wildman–Crippen LogP) is 4.12. The summed E-state index contributed by atoms with van der Waals surface area (Å²) < 4.78 is 41.5. The molecule has 1 aromatic carbocycles. The van der Waals surface area contributed by atoms with Crippen LogP contribution in [0.2, 0.25) is 0 Å². The van der Waals surface area contributed by atoms with E-state index in [2.05, 4.69) is 30.8 Å². The van der Waals surface area contributed by atoms with Crippen LogP contribution < -0.4 is 16.0 Å². The maximum atomic E-state index is 13.8. The van der Waals surface area contributed by atoms with Gasteiger partial charge in [-0.25, -0.2) is 4.98 Å². The number of halogens is 3. The van der Waals surface area contributed by atoms with Crippen LogP contribution in [0.25, 0.3) is 0 Å². The molecule has 0 bridgehead atoms. The van der Waals surface area contributed by atoms with Gasteiger partial charge in [0.1, 0.15) is 11.4 Å². The summed E-state index contributed by atoms with van der Waals surface area (Å²) in [5.41, 5.74) is 0.101. The predicted molar refractivity (Wildman–Crippen MR) is 143 cm³/mol. The zero-order chi connectivity index (χ0) is 28.2. The third-order valence-corrected chi connectivity index (χ3v) is 7.21. The fraction of sp³-hybridized carbons (Fsp3) is 0.556. The lowest BCUT2D eigenvalue weighted by Gasteiger charge is -2.34. The van der Waals surface area contributed by atoms with Crippen molar-refractivity contribution in [3.63, 3.8) is 0 Å². The van der Waals surface area contributed by atoms with Crippen LogP contribution in [0.1, 0.15) is 55.5 Å². The molecule has 2 heterocycles. The van der Waals surface area contributed by atoms with Crippen molar-refractivity contribution in [1.82, 2.24) is 25.1 Å². The topological polar surface area (TPSA) is 102 Å². The highest BCUT2D eigenvalue weighted by Crippen LogP contribution is 2.35. The van der Waals surface area contributed by atoms with Crippen LogP contribution in [-0.2, 0) is 11.0 Å². The van der Waals surface area contributed by atoms with E-state index in [1.165, 1.54) is 0 Å². The summed E-state index contributed by atoms with van der Waals surface area (Å²) in [6.45, 7) is 6.51. The summed E-state index contributed by atoms with van der Waals surface area (Å²) in [6.07, 6.45) is -0.895. The van der Waals surface area contributed by atoms with Crippen molar-refractivity contribution < 1.29 is 22.8 Å². The Bertz CT molecular complexity index is 1150. The van der Waals surface area contributed by atoms with Crippen molar-refractivity contribution in [2.45, 2.75) is 57.8 Å². The van der Waals surface area contributed by atoms with Crippen LogP contribution in [0.15, 0.2) is 30.5 Å². The number of alkyl halides is 3. The number of carbonyl (C=O) groups is 2. The smallest absolute Gasteiger partial charge is 0.365 e. The third-order valence-electron chi connectivity index (χ3n) is 7.21. The molecule has 1 aromatic heterocycles. The Kier molecular flexibility index (Phi) is 8.94. The number of piperazine rings is 1. The molecule has 1 saturated heterocycles. The Morgan fingerprint density at radius 2 is 1.64 bits per heavy atom. The molecule has 0 unspecified atom stereocenters. The van der Waals surface area contributed by atoms with Crippen LogP contribution in [0, 0.1) is 5.92 Å². The van der Waals surface area contributed by atoms with Gasteiger partial charge in [-0.05, 0) is 44.2 Å². The van der Waals surface area contributed by atoms with E-state index in [4.69, 9.17) is 0 Å². The molecule has 12 heteroatoms. The Morgan fingerprint density at radius 3 is 2.26 bits per heavy atom. The van der Waals surface area contributed by atoms with Crippen LogP contribution in [0.3, 0.4) is 0 Å². The van der Waals surface area contributed by atoms with E-state index in [1.807, 2.05) is 11.9 Å². The average molecular weight is 548 g/mol. The zero-order valence-corrected chi connectivity index (χ0v) is 22.5. The standard InChI is InChI=1S/C27H36F3N7O2/c1-17(2)24(38)34-22-7-5-4-6-21(22)33-23-20(27(28,29)30)16-31-26(35-23)32-19-10-8-18(9-11-19)25(39)37-14-12-36(3)13-15-37/h8-11,16-17,21-22H,4-7,12-15H2,1-3H3,(H,34,38)(H2,31,32,33,35)/t21-,22+/m1/s1. The second kappa shape index (κ2) is 12.2. The number of amides is 2. The summed E-state index contributed by atoms with van der Waals surface area (Å²) in [5, 5.41) is 8.87. The molecule has 1 aliphatic carbocycles. The van der Waals surface area contributed by atoms with E-state index in [9.17, 15) is 22.8 Å². The van der Waals surface area contributed by atoms with Crippen LogP contribution in [-0.4, -0.2) is 76.9 Å². The van der Waals surface area contributed by atoms with E-state index < -0.39 is 17.8 Å². The summed E-state index contributed by atoms with van der Waals surface area (Å²) in [4.78, 5) is 37.1. The number of aromatic nitrogens is 2. The van der Waals surface area contributed by atoms with E-state index in [1.54, 1.807) is 38.1 Å². The van der Waals surface area contributed by atoms with Gasteiger partial charge in [-0.3, -0.25) is 9.59 Å². The van der Waals surface area contributed by atoms with Gasteiger partial charge in [0, 0.05) is 61.6 Å². The number of rotatable bonds is 7. The van der Waals surface area contributed by atoms with Crippen molar-refractivity contribution in [2.24, 2.45) is 5.92 Å². The number of anilines is 3. The maximum absolute atomic E-state index is 13.8. The second-order valence-electron chi connectivity index (χ2n) is 10.6. The number of nitrogens with zero attached hydrogens (tertiary/aromatic N) is 4. The van der Waals surface area contributed by atoms with Gasteiger partial charge in [-0.2, -0.15) is 18.2 Å². The third kappa shape index (κ3) is 7.37. The fourth-order valence-corrected chi connectivity index (χ4v) is 4.78. The Labute approximate surface area is 226 Å². The molecule has 4 rings (SSSR count). The lowest BCUT2D eigenvalue weighted by molar-refractivity contribution is -0.137. The molecule has 2 amide bonds. The molecule has 2 fully saturated rings. The first-order chi connectivity index (χ1) is 18.5. The van der Waals surface area contributed by atoms with E-state index in [0.29, 0.717) is 37.2 Å². The number of carbonyl (C=O) groups excluding carboxylic acids is 2. The molecule has 212 valence electrons. The SMILES string of the molecule is CC(C)C(=O)N[C@H]1CCCC[C@H]1Nc1nc(Nc2ccc(C(=O)N3CCN(C)CC3)cc2)ncc1C(F)(F)F. The van der Waals surface area contributed by atoms with Gasteiger partial charge < -0.3 is 25.8 Å². The number of benzene rings is 1. The van der Waals surface area contributed by atoms with Gasteiger partial charge in [0.05, 0.1) is 0 Å². The van der Waals surface area contributed by atoms with Crippen molar-refractivity contribution in [2.75, 3.05) is 43.9 Å². The lowest BCUT2D eigenvalue weighted by atomic mass is 9.89. The van der Waals surface area contributed by atoms with E-state index in [-0.39, 0.29) is 35.5 Å². The van der Waals surface area contributed by atoms with Crippen LogP contribution in [0.5, 0.6) is 0 Å². The molecule has 0 radical (unpaired) electrons. The minimum Gasteiger partial charge on any atom is -0.365 e. The van der Waals surface area contributed by atoms with Gasteiger partial charge in [0.25, 0.3) is 5.91 Å². The van der Waals surface area contributed by atoms with Crippen molar-refractivity contribution in [3.8, 4) is 0 Å². The average Bonchev–Trinajstić information content (AvgIpc) is 2.89. The Morgan fingerprint density at radius 1 is 1.00 bits per heavy atom. The number of likely N-dealkylation sites (N-methyl/N-ethyl adjacent to an activating group) is 1. The second-order valence-corrected chi connectivity index (χ2v) is 10.6. The first kappa shape index (κ1) is 28.6.